The minimum Gasteiger partial charge on any atom is -0.336 e. The molecule has 2 aromatic heterocycles. The van der Waals surface area contributed by atoms with Gasteiger partial charge in [-0.1, -0.05) is 0 Å². The van der Waals surface area contributed by atoms with Gasteiger partial charge in [-0.05, 0) is 57.9 Å². The average Bonchev–Trinajstić information content (AvgIpc) is 3.10. The Labute approximate surface area is 145 Å². The van der Waals surface area contributed by atoms with Crippen LogP contribution in [0.5, 0.6) is 0 Å². The van der Waals surface area contributed by atoms with E-state index in [0.717, 1.165) is 42.3 Å². The lowest BCUT2D eigenvalue weighted by molar-refractivity contribution is -0.138. The van der Waals surface area contributed by atoms with Crippen LogP contribution >= 0.6 is 11.3 Å². The van der Waals surface area contributed by atoms with E-state index < -0.39 is 0 Å². The number of aryl methyl sites for hydroxylation is 2. The van der Waals surface area contributed by atoms with Gasteiger partial charge in [0.15, 0.2) is 0 Å². The highest BCUT2D eigenvalue weighted by Crippen LogP contribution is 2.34. The van der Waals surface area contributed by atoms with Crippen LogP contribution in [-0.4, -0.2) is 32.4 Å². The van der Waals surface area contributed by atoms with Gasteiger partial charge in [-0.2, -0.15) is 0 Å². The monoisotopic (exact) mass is 345 g/mol. The van der Waals surface area contributed by atoms with Gasteiger partial charge in [0.05, 0.1) is 11.7 Å². The third-order valence-corrected chi connectivity index (χ3v) is 6.68. The summed E-state index contributed by atoms with van der Waals surface area (Å²) in [5.41, 5.74) is 1.12. The SMILES string of the molecule is C[C@@H]1CCC[C@@H](C)N1C(=O)Cn1cnc2sc3c(c2c1=O)CCC3. The Balaban J connectivity index is 1.66. The number of likely N-dealkylation sites (tertiary alicyclic amines) is 1. The molecule has 2 aliphatic rings. The van der Waals surface area contributed by atoms with Gasteiger partial charge in [0.1, 0.15) is 11.4 Å². The summed E-state index contributed by atoms with van der Waals surface area (Å²) < 4.78 is 1.50. The molecule has 1 saturated heterocycles. The molecule has 1 fully saturated rings. The van der Waals surface area contributed by atoms with E-state index in [4.69, 9.17) is 0 Å². The van der Waals surface area contributed by atoms with Crippen molar-refractivity contribution in [3.63, 3.8) is 0 Å². The predicted octanol–water partition coefficient (Wildman–Crippen LogP) is 2.74. The molecule has 1 aliphatic heterocycles. The van der Waals surface area contributed by atoms with Gasteiger partial charge in [0, 0.05) is 17.0 Å². The van der Waals surface area contributed by atoms with E-state index in [-0.39, 0.29) is 30.1 Å². The van der Waals surface area contributed by atoms with E-state index in [1.54, 1.807) is 17.7 Å². The Hall–Kier alpha value is -1.69. The van der Waals surface area contributed by atoms with E-state index in [9.17, 15) is 9.59 Å². The molecule has 2 aromatic rings. The molecule has 0 unspecified atom stereocenters. The second-order valence-electron chi connectivity index (χ2n) is 7.15. The zero-order valence-corrected chi connectivity index (χ0v) is 15.1. The molecule has 128 valence electrons. The minimum atomic E-state index is -0.0509. The minimum absolute atomic E-state index is 0.0322. The largest absolute Gasteiger partial charge is 0.336 e. The van der Waals surface area contributed by atoms with Crippen molar-refractivity contribution < 1.29 is 4.79 Å². The first-order valence-corrected chi connectivity index (χ1v) is 9.68. The van der Waals surface area contributed by atoms with E-state index in [0.29, 0.717) is 0 Å². The standard InChI is InChI=1S/C18H23N3O2S/c1-11-5-3-6-12(2)21(11)15(22)9-20-10-19-17-16(18(20)23)13-7-4-8-14(13)24-17/h10-12H,3-9H2,1-2H3/t11-,12-/m1/s1. The Morgan fingerprint density at radius 3 is 2.75 bits per heavy atom. The summed E-state index contributed by atoms with van der Waals surface area (Å²) in [6.07, 6.45) is 7.93. The fourth-order valence-corrected chi connectivity index (χ4v) is 5.49. The van der Waals surface area contributed by atoms with Crippen LogP contribution in [0.4, 0.5) is 0 Å². The lowest BCUT2D eigenvalue weighted by Gasteiger charge is -2.39. The van der Waals surface area contributed by atoms with Crippen LogP contribution in [0.3, 0.4) is 0 Å². The molecule has 4 rings (SSSR count). The Bertz CT molecular complexity index is 844. The number of hydrogen-bond donors (Lipinski definition) is 0. The topological polar surface area (TPSA) is 55.2 Å². The van der Waals surface area contributed by atoms with Crippen LogP contribution in [0.15, 0.2) is 11.1 Å². The van der Waals surface area contributed by atoms with Crippen molar-refractivity contribution in [1.29, 1.82) is 0 Å². The van der Waals surface area contributed by atoms with E-state index in [1.165, 1.54) is 21.4 Å². The molecule has 2 atom stereocenters. The zero-order valence-electron chi connectivity index (χ0n) is 14.2. The van der Waals surface area contributed by atoms with Crippen LogP contribution < -0.4 is 5.56 Å². The van der Waals surface area contributed by atoms with Crippen molar-refractivity contribution in [2.45, 2.75) is 71.0 Å². The Morgan fingerprint density at radius 1 is 1.25 bits per heavy atom. The molecule has 1 amide bonds. The fourth-order valence-electron chi connectivity index (χ4n) is 4.27. The van der Waals surface area contributed by atoms with Crippen molar-refractivity contribution in [1.82, 2.24) is 14.5 Å². The number of amides is 1. The first-order chi connectivity index (χ1) is 11.6. The van der Waals surface area contributed by atoms with Crippen molar-refractivity contribution in [3.05, 3.63) is 27.1 Å². The summed E-state index contributed by atoms with van der Waals surface area (Å²) in [5.74, 6) is 0.0322. The number of aromatic nitrogens is 2. The first-order valence-electron chi connectivity index (χ1n) is 8.87. The lowest BCUT2D eigenvalue weighted by Crippen LogP contribution is -2.49. The Morgan fingerprint density at radius 2 is 2.00 bits per heavy atom. The normalized spacial score (nSPS) is 23.7. The van der Waals surface area contributed by atoms with Crippen molar-refractivity contribution in [3.8, 4) is 0 Å². The number of thiophene rings is 1. The van der Waals surface area contributed by atoms with Gasteiger partial charge >= 0.3 is 0 Å². The van der Waals surface area contributed by atoms with Gasteiger partial charge in [-0.15, -0.1) is 11.3 Å². The van der Waals surface area contributed by atoms with E-state index in [2.05, 4.69) is 18.8 Å². The maximum absolute atomic E-state index is 12.9. The molecule has 0 aromatic carbocycles. The van der Waals surface area contributed by atoms with Crippen LogP contribution in [0.2, 0.25) is 0 Å². The highest BCUT2D eigenvalue weighted by Gasteiger charge is 2.29. The summed E-state index contributed by atoms with van der Waals surface area (Å²) in [4.78, 5) is 34.2. The van der Waals surface area contributed by atoms with Crippen LogP contribution in [-0.2, 0) is 24.2 Å². The van der Waals surface area contributed by atoms with Gasteiger partial charge in [-0.3, -0.25) is 14.2 Å². The lowest BCUT2D eigenvalue weighted by atomic mass is 9.97. The number of hydrogen-bond acceptors (Lipinski definition) is 4. The summed E-state index contributed by atoms with van der Waals surface area (Å²) in [5, 5.41) is 0.752. The third-order valence-electron chi connectivity index (χ3n) is 5.48. The quantitative estimate of drug-likeness (QED) is 0.841. The maximum Gasteiger partial charge on any atom is 0.262 e. The number of piperidine rings is 1. The van der Waals surface area contributed by atoms with Crippen LogP contribution in [0.1, 0.15) is 50.0 Å². The van der Waals surface area contributed by atoms with Crippen LogP contribution in [0, 0.1) is 0 Å². The molecule has 0 bridgehead atoms. The fraction of sp³-hybridized carbons (Fsp3) is 0.611. The number of rotatable bonds is 2. The first kappa shape index (κ1) is 15.8. The van der Waals surface area contributed by atoms with Crippen molar-refractivity contribution in [2.24, 2.45) is 0 Å². The summed E-state index contributed by atoms with van der Waals surface area (Å²) in [6.45, 7) is 4.30. The second-order valence-corrected chi connectivity index (χ2v) is 8.23. The molecule has 0 saturated carbocycles. The molecule has 0 N–H and O–H groups in total. The predicted molar refractivity (Wildman–Crippen MR) is 95.5 cm³/mol. The summed E-state index contributed by atoms with van der Waals surface area (Å²) >= 11 is 1.64. The van der Waals surface area contributed by atoms with E-state index >= 15 is 0 Å². The summed E-state index contributed by atoms with van der Waals surface area (Å²) in [7, 11) is 0. The zero-order chi connectivity index (χ0) is 16.8. The van der Waals surface area contributed by atoms with Gasteiger partial charge in [-0.25, -0.2) is 4.98 Å². The van der Waals surface area contributed by atoms with Gasteiger partial charge in [0.25, 0.3) is 5.56 Å². The van der Waals surface area contributed by atoms with Crippen molar-refractivity contribution in [2.75, 3.05) is 0 Å². The molecule has 0 spiro atoms. The third kappa shape index (κ3) is 2.48. The number of carbonyl (C=O) groups is 1. The Kier molecular flexibility index (Phi) is 3.95. The second kappa shape index (κ2) is 5.99. The molecule has 24 heavy (non-hydrogen) atoms. The maximum atomic E-state index is 12.9. The number of fused-ring (bicyclic) bond motifs is 3. The molecule has 6 heteroatoms. The smallest absolute Gasteiger partial charge is 0.262 e. The number of nitrogens with zero attached hydrogens (tertiary/aromatic N) is 3. The van der Waals surface area contributed by atoms with Gasteiger partial charge < -0.3 is 4.90 Å². The molecule has 0 radical (unpaired) electrons. The molecule has 1 aliphatic carbocycles. The van der Waals surface area contributed by atoms with Crippen LogP contribution in [0.25, 0.3) is 10.2 Å². The summed E-state index contributed by atoms with van der Waals surface area (Å²) in [6, 6.07) is 0.498. The van der Waals surface area contributed by atoms with E-state index in [1.807, 2.05) is 4.90 Å². The highest BCUT2D eigenvalue weighted by atomic mass is 32.1. The van der Waals surface area contributed by atoms with Gasteiger partial charge in [0.2, 0.25) is 5.91 Å². The average molecular weight is 345 g/mol. The molecular formula is C18H23N3O2S. The number of carbonyl (C=O) groups excluding carboxylic acids is 1. The molecule has 3 heterocycles. The molecular weight excluding hydrogens is 322 g/mol. The van der Waals surface area contributed by atoms with Crippen molar-refractivity contribution >= 4 is 27.5 Å². The highest BCUT2D eigenvalue weighted by molar-refractivity contribution is 7.18. The molecule has 5 nitrogen and oxygen atoms in total.